The maximum Gasteiger partial charge on any atom is 0.0521 e. The van der Waals surface area contributed by atoms with Gasteiger partial charge in [0.1, 0.15) is 0 Å². The molecule has 0 fully saturated rings. The molecule has 4 heterocycles. The van der Waals surface area contributed by atoms with Gasteiger partial charge in [-0.1, -0.05) is 49.0 Å². The van der Waals surface area contributed by atoms with Gasteiger partial charge in [-0.3, -0.25) is 0 Å². The van der Waals surface area contributed by atoms with Crippen LogP contribution in [0.25, 0.3) is 42.7 Å². The Morgan fingerprint density at radius 1 is 0.714 bits per heavy atom. The van der Waals surface area contributed by atoms with Crippen molar-refractivity contribution in [3.63, 3.8) is 0 Å². The number of fused-ring (bicyclic) bond motifs is 3. The third-order valence-corrected chi connectivity index (χ3v) is 6.89. The first-order valence-electron chi connectivity index (χ1n) is 11.1. The molecule has 3 nitrogen and oxygen atoms in total. The summed E-state index contributed by atoms with van der Waals surface area (Å²) in [5.74, 6) is 0. The second-order valence-corrected chi connectivity index (χ2v) is 9.34. The third kappa shape index (κ3) is 5.54. The van der Waals surface area contributed by atoms with Gasteiger partial charge in [-0.25, -0.2) is 0 Å². The van der Waals surface area contributed by atoms with Gasteiger partial charge in [0, 0.05) is 37.2 Å². The summed E-state index contributed by atoms with van der Waals surface area (Å²) >= 11 is 1.78. The summed E-state index contributed by atoms with van der Waals surface area (Å²) in [6.07, 6.45) is 8.56. The molecule has 0 atom stereocenters. The van der Waals surface area contributed by atoms with Crippen LogP contribution in [0.2, 0.25) is 0 Å². The van der Waals surface area contributed by atoms with Crippen molar-refractivity contribution in [2.75, 3.05) is 0 Å². The second kappa shape index (κ2) is 11.0. The van der Waals surface area contributed by atoms with Gasteiger partial charge in [0.15, 0.2) is 0 Å². The summed E-state index contributed by atoms with van der Waals surface area (Å²) < 4.78 is 2.51. The topological polar surface area (TPSA) is 38.7 Å². The van der Waals surface area contributed by atoms with Gasteiger partial charge in [-0.05, 0) is 53.8 Å². The molecule has 5 heteroatoms. The van der Waals surface area contributed by atoms with E-state index in [1.54, 1.807) is 17.5 Å². The van der Waals surface area contributed by atoms with E-state index in [0.717, 1.165) is 22.5 Å². The second-order valence-electron chi connectivity index (χ2n) is 8.26. The van der Waals surface area contributed by atoms with Crippen LogP contribution in [0.3, 0.4) is 0 Å². The predicted molar refractivity (Wildman–Crippen MR) is 142 cm³/mol. The van der Waals surface area contributed by atoms with E-state index < -0.39 is 0 Å². The zero-order chi connectivity index (χ0) is 23.5. The molecule has 35 heavy (non-hydrogen) atoms. The molecule has 175 valence electrons. The van der Waals surface area contributed by atoms with Crippen LogP contribution in [0.4, 0.5) is 0 Å². The molecule has 0 spiro atoms. The molecule has 4 aromatic heterocycles. The maximum absolute atomic E-state index is 4.51. The Bertz CT molecular complexity index is 1580. The van der Waals surface area contributed by atoms with Crippen molar-refractivity contribution in [2.24, 2.45) is 0 Å². The summed E-state index contributed by atoms with van der Waals surface area (Å²) in [4.78, 5) is 12.9. The van der Waals surface area contributed by atoms with Crippen LogP contribution in [0.15, 0.2) is 85.3 Å². The Labute approximate surface area is 223 Å². The van der Waals surface area contributed by atoms with Crippen molar-refractivity contribution >= 4 is 31.5 Å². The Kier molecular flexibility index (Phi) is 7.82. The minimum Gasteiger partial charge on any atom is -0.360 e. The summed E-state index contributed by atoms with van der Waals surface area (Å²) in [5.41, 5.74) is 7.63. The van der Waals surface area contributed by atoms with Crippen LogP contribution in [0.1, 0.15) is 16.7 Å². The van der Waals surface area contributed by atoms with Crippen molar-refractivity contribution in [3.05, 3.63) is 114 Å². The van der Waals surface area contributed by atoms with Crippen molar-refractivity contribution in [1.29, 1.82) is 0 Å². The normalized spacial score (nSPS) is 10.5. The average Bonchev–Trinajstić information content (AvgIpc) is 3.25. The molecule has 1 radical (unpaired) electrons. The SMILES string of the molecule is Cc1c[c-]c(-c2cc(C)c(C)cn2)cc1.[Ir].[c-]1ncccc1-c1cc2c(cn1)sc1ccccc12. The van der Waals surface area contributed by atoms with E-state index in [1.165, 1.54) is 36.9 Å². The van der Waals surface area contributed by atoms with E-state index in [9.17, 15) is 0 Å². The van der Waals surface area contributed by atoms with Gasteiger partial charge in [-0.2, -0.15) is 0 Å². The standard InChI is InChI=1S/C16H9N2S.C14H14N.Ir/c1-2-6-15-12(5-1)13-8-14(18-10-16(13)19-15)11-4-3-7-17-9-11;1-10-4-6-13(7-5-10)14-8-11(2)12(3)9-15-14;/h1-8,10H;4-6,8-9H,1-3H3;/q2*-1;. The molecule has 6 rings (SSSR count). The monoisotopic (exact) mass is 650 g/mol. The van der Waals surface area contributed by atoms with E-state index in [4.69, 9.17) is 0 Å². The molecule has 0 N–H and O–H groups in total. The van der Waals surface area contributed by atoms with Gasteiger partial charge in [0.05, 0.1) is 4.70 Å². The smallest absolute Gasteiger partial charge is 0.0521 e. The summed E-state index contributed by atoms with van der Waals surface area (Å²) in [5, 5.41) is 2.54. The van der Waals surface area contributed by atoms with Crippen LogP contribution in [-0.2, 0) is 20.1 Å². The number of aryl methyl sites for hydroxylation is 3. The predicted octanol–water partition coefficient (Wildman–Crippen LogP) is 7.78. The number of rotatable bonds is 2. The quantitative estimate of drug-likeness (QED) is 0.180. The molecular formula is C30H23IrN3S-2. The number of pyridine rings is 3. The van der Waals surface area contributed by atoms with Gasteiger partial charge < -0.3 is 15.0 Å². The van der Waals surface area contributed by atoms with Crippen molar-refractivity contribution in [3.8, 4) is 22.5 Å². The molecule has 0 bridgehead atoms. The van der Waals surface area contributed by atoms with Crippen molar-refractivity contribution in [2.45, 2.75) is 20.8 Å². The number of thiophene rings is 1. The maximum atomic E-state index is 4.51. The Hall–Kier alpha value is -3.24. The number of aromatic nitrogens is 3. The molecule has 0 aliphatic carbocycles. The summed E-state index contributed by atoms with van der Waals surface area (Å²) in [6.45, 7) is 6.24. The first-order valence-corrected chi connectivity index (χ1v) is 11.9. The number of hydrogen-bond donors (Lipinski definition) is 0. The van der Waals surface area contributed by atoms with E-state index in [2.05, 4.69) is 96.5 Å². The van der Waals surface area contributed by atoms with E-state index in [0.29, 0.717) is 0 Å². The van der Waals surface area contributed by atoms with Crippen LogP contribution in [-0.4, -0.2) is 15.0 Å². The largest absolute Gasteiger partial charge is 0.360 e. The minimum atomic E-state index is 0. The van der Waals surface area contributed by atoms with Crippen molar-refractivity contribution < 1.29 is 20.1 Å². The molecule has 0 aliphatic rings. The molecule has 0 amide bonds. The van der Waals surface area contributed by atoms with Crippen LogP contribution in [0, 0.1) is 33.0 Å². The van der Waals surface area contributed by atoms with Crippen LogP contribution in [0.5, 0.6) is 0 Å². The third-order valence-electron chi connectivity index (χ3n) is 5.77. The fourth-order valence-electron chi connectivity index (χ4n) is 3.68. The molecular weight excluding hydrogens is 627 g/mol. The zero-order valence-electron chi connectivity index (χ0n) is 19.7. The minimum absolute atomic E-state index is 0. The summed E-state index contributed by atoms with van der Waals surface area (Å²) in [7, 11) is 0. The number of benzene rings is 2. The molecule has 0 unspecified atom stereocenters. The van der Waals surface area contributed by atoms with Gasteiger partial charge in [0.25, 0.3) is 0 Å². The Balaban J connectivity index is 0.000000165. The van der Waals surface area contributed by atoms with E-state index >= 15 is 0 Å². The Morgan fingerprint density at radius 3 is 2.26 bits per heavy atom. The first-order chi connectivity index (χ1) is 16.6. The Morgan fingerprint density at radius 2 is 1.51 bits per heavy atom. The van der Waals surface area contributed by atoms with Crippen LogP contribution < -0.4 is 0 Å². The molecule has 0 aliphatic heterocycles. The zero-order valence-corrected chi connectivity index (χ0v) is 22.9. The molecule has 6 aromatic rings. The van der Waals surface area contributed by atoms with Crippen molar-refractivity contribution in [1.82, 2.24) is 15.0 Å². The summed E-state index contributed by atoms with van der Waals surface area (Å²) in [6, 6.07) is 26.0. The fraction of sp³-hybridized carbons (Fsp3) is 0.100. The number of nitrogens with zero attached hydrogens (tertiary/aromatic N) is 3. The molecule has 0 saturated heterocycles. The van der Waals surface area contributed by atoms with Gasteiger partial charge >= 0.3 is 0 Å². The van der Waals surface area contributed by atoms with Gasteiger partial charge in [-0.15, -0.1) is 64.4 Å². The fourth-order valence-corrected chi connectivity index (χ4v) is 4.74. The molecule has 2 aromatic carbocycles. The van der Waals surface area contributed by atoms with Crippen LogP contribution >= 0.6 is 11.3 Å². The average molecular weight is 650 g/mol. The van der Waals surface area contributed by atoms with E-state index in [-0.39, 0.29) is 20.1 Å². The van der Waals surface area contributed by atoms with E-state index in [1.807, 2.05) is 30.6 Å². The van der Waals surface area contributed by atoms with Gasteiger partial charge in [0.2, 0.25) is 0 Å². The number of hydrogen-bond acceptors (Lipinski definition) is 4. The molecule has 0 saturated carbocycles. The first kappa shape index (κ1) is 24.9.